The van der Waals surface area contributed by atoms with Crippen LogP contribution in [0.1, 0.15) is 0 Å². The van der Waals surface area contributed by atoms with Crippen molar-refractivity contribution in [2.24, 2.45) is 0 Å². The Balaban J connectivity index is 0. The highest BCUT2D eigenvalue weighted by Gasteiger charge is 2.05. The SMILES string of the molecule is OCCOOOCCO.OP(O)OP(O)O. The molecule has 0 heterocycles. The minimum atomic E-state index is -2.61. The summed E-state index contributed by atoms with van der Waals surface area (Å²) in [5, 5.41) is 20.2. The summed E-state index contributed by atoms with van der Waals surface area (Å²) in [6, 6.07) is 0. The van der Waals surface area contributed by atoms with Crippen LogP contribution < -0.4 is 0 Å². The molecule has 0 saturated heterocycles. The predicted molar refractivity (Wildman–Crippen MR) is 51.0 cm³/mol. The third-order valence-electron chi connectivity index (χ3n) is 0.592. The summed E-state index contributed by atoms with van der Waals surface area (Å²) >= 11 is 0. The van der Waals surface area contributed by atoms with Gasteiger partial charge in [-0.25, -0.2) is 14.1 Å². The monoisotopic (exact) mass is 284 g/mol. The molecule has 0 aliphatic carbocycles. The van der Waals surface area contributed by atoms with Crippen molar-refractivity contribution in [1.29, 1.82) is 0 Å². The Morgan fingerprint density at radius 2 is 1.12 bits per heavy atom. The van der Waals surface area contributed by atoms with Gasteiger partial charge in [0.05, 0.1) is 13.2 Å². The van der Waals surface area contributed by atoms with Crippen LogP contribution in [0.2, 0.25) is 0 Å². The van der Waals surface area contributed by atoms with Gasteiger partial charge < -0.3 is 29.8 Å². The maximum absolute atomic E-state index is 8.11. The van der Waals surface area contributed by atoms with Crippen LogP contribution in [-0.4, -0.2) is 56.2 Å². The molecule has 0 aliphatic rings. The summed E-state index contributed by atoms with van der Waals surface area (Å²) in [6.07, 6.45) is 0. The normalized spacial score (nSPS) is 10.5. The van der Waals surface area contributed by atoms with Crippen LogP contribution in [0.4, 0.5) is 0 Å². The Hall–Kier alpha value is 0.460. The molecule has 6 N–H and O–H groups in total. The van der Waals surface area contributed by atoms with E-state index in [4.69, 9.17) is 29.8 Å². The largest absolute Gasteiger partial charge is 0.394 e. The van der Waals surface area contributed by atoms with Gasteiger partial charge in [0, 0.05) is 0 Å². The summed E-state index contributed by atoms with van der Waals surface area (Å²) in [4.78, 5) is 39.7. The zero-order valence-electron chi connectivity index (χ0n) is 8.04. The van der Waals surface area contributed by atoms with Crippen molar-refractivity contribution in [2.75, 3.05) is 26.4 Å². The van der Waals surface area contributed by atoms with Gasteiger partial charge in [-0.05, 0) is 0 Å². The highest BCUT2D eigenvalue weighted by atomic mass is 31.2. The fourth-order valence-electron chi connectivity index (χ4n) is 0.242. The van der Waals surface area contributed by atoms with E-state index in [2.05, 4.69) is 19.1 Å². The Morgan fingerprint density at radius 3 is 1.31 bits per heavy atom. The zero-order chi connectivity index (χ0) is 12.8. The third-order valence-corrected chi connectivity index (χ3v) is 1.76. The van der Waals surface area contributed by atoms with E-state index in [0.717, 1.165) is 0 Å². The van der Waals surface area contributed by atoms with Gasteiger partial charge in [0.2, 0.25) is 0 Å². The molecule has 10 nitrogen and oxygen atoms in total. The fraction of sp³-hybridized carbons (Fsp3) is 1.00. The molecule has 0 aromatic heterocycles. The summed E-state index contributed by atoms with van der Waals surface area (Å²) in [7, 11) is -5.22. The van der Waals surface area contributed by atoms with E-state index < -0.39 is 17.2 Å². The predicted octanol–water partition coefficient (Wildman–Crippen LogP) is -1.72. The number of rotatable bonds is 8. The summed E-state index contributed by atoms with van der Waals surface area (Å²) in [5.41, 5.74) is 0. The van der Waals surface area contributed by atoms with Gasteiger partial charge in [-0.3, -0.25) is 0 Å². The molecule has 0 aromatic rings. The molecule has 0 aromatic carbocycles. The first-order chi connectivity index (χ1) is 7.54. The van der Waals surface area contributed by atoms with Gasteiger partial charge in [-0.15, -0.1) is 0 Å². The van der Waals surface area contributed by atoms with Crippen LogP contribution in [-0.2, 0) is 19.1 Å². The lowest BCUT2D eigenvalue weighted by Crippen LogP contribution is -2.04. The average molecular weight is 284 g/mol. The second kappa shape index (κ2) is 15.5. The van der Waals surface area contributed by atoms with E-state index in [1.807, 2.05) is 0 Å². The van der Waals surface area contributed by atoms with Gasteiger partial charge in [0.1, 0.15) is 13.2 Å². The molecule has 16 heavy (non-hydrogen) atoms. The maximum Gasteiger partial charge on any atom is 0.334 e. The molecular formula is C4H14O10P2. The average Bonchev–Trinajstić information content (AvgIpc) is 2.16. The lowest BCUT2D eigenvalue weighted by atomic mass is 10.8. The molecule has 0 atom stereocenters. The van der Waals surface area contributed by atoms with E-state index in [0.29, 0.717) is 0 Å². The first-order valence-corrected chi connectivity index (χ1v) is 6.04. The number of aliphatic hydroxyl groups excluding tert-OH is 2. The van der Waals surface area contributed by atoms with Crippen LogP contribution in [0.5, 0.6) is 0 Å². The van der Waals surface area contributed by atoms with Crippen LogP contribution in [0.15, 0.2) is 0 Å². The van der Waals surface area contributed by atoms with E-state index in [1.54, 1.807) is 0 Å². The first kappa shape index (κ1) is 18.8. The Labute approximate surface area is 93.4 Å². The lowest BCUT2D eigenvalue weighted by Gasteiger charge is -2.00. The summed E-state index contributed by atoms with van der Waals surface area (Å²) in [5.74, 6) is 0. The molecule has 0 amide bonds. The maximum atomic E-state index is 8.11. The number of hydrogen-bond donors (Lipinski definition) is 6. The molecule has 0 fully saturated rings. The van der Waals surface area contributed by atoms with Gasteiger partial charge in [-0.1, -0.05) is 5.04 Å². The molecule has 0 aliphatic heterocycles. The van der Waals surface area contributed by atoms with Gasteiger partial charge in [0.25, 0.3) is 0 Å². The smallest absolute Gasteiger partial charge is 0.334 e. The fourth-order valence-corrected chi connectivity index (χ4v) is 0.764. The third kappa shape index (κ3) is 23.9. The minimum Gasteiger partial charge on any atom is -0.394 e. The van der Waals surface area contributed by atoms with Gasteiger partial charge in [-0.2, -0.15) is 0 Å². The van der Waals surface area contributed by atoms with Gasteiger partial charge in [0.15, 0.2) is 0 Å². The van der Waals surface area contributed by atoms with Crippen molar-refractivity contribution < 1.29 is 48.9 Å². The molecule has 0 radical (unpaired) electrons. The molecule has 12 heteroatoms. The van der Waals surface area contributed by atoms with E-state index in [-0.39, 0.29) is 26.4 Å². The zero-order valence-corrected chi connectivity index (χ0v) is 9.83. The van der Waals surface area contributed by atoms with Crippen molar-refractivity contribution in [2.45, 2.75) is 0 Å². The number of hydrogen-bond acceptors (Lipinski definition) is 10. The van der Waals surface area contributed by atoms with Crippen LogP contribution in [0, 0.1) is 0 Å². The number of aliphatic hydroxyl groups is 2. The first-order valence-electron chi connectivity index (χ1n) is 3.71. The second-order valence-electron chi connectivity index (χ2n) is 1.75. The van der Waals surface area contributed by atoms with Crippen LogP contribution in [0.25, 0.3) is 0 Å². The molecule has 0 spiro atoms. The molecule has 100 valence electrons. The van der Waals surface area contributed by atoms with Gasteiger partial charge >= 0.3 is 17.2 Å². The Kier molecular flexibility index (Phi) is 18.2. The Morgan fingerprint density at radius 1 is 0.750 bits per heavy atom. The van der Waals surface area contributed by atoms with Crippen LogP contribution in [0.3, 0.4) is 0 Å². The lowest BCUT2D eigenvalue weighted by molar-refractivity contribution is -0.513. The molecule has 0 bridgehead atoms. The molecule has 0 rings (SSSR count). The van der Waals surface area contributed by atoms with Crippen molar-refractivity contribution >= 4 is 17.2 Å². The van der Waals surface area contributed by atoms with E-state index in [9.17, 15) is 0 Å². The van der Waals surface area contributed by atoms with Crippen molar-refractivity contribution in [1.82, 2.24) is 0 Å². The molecule has 0 saturated carbocycles. The highest BCUT2D eigenvalue weighted by Crippen LogP contribution is 2.41. The van der Waals surface area contributed by atoms with Crippen LogP contribution >= 0.6 is 17.2 Å². The summed E-state index contributed by atoms with van der Waals surface area (Å²) < 4.78 is 3.60. The van der Waals surface area contributed by atoms with Crippen molar-refractivity contribution in [3.8, 4) is 0 Å². The van der Waals surface area contributed by atoms with Crippen molar-refractivity contribution in [3.63, 3.8) is 0 Å². The Bertz CT molecular complexity index is 111. The summed E-state index contributed by atoms with van der Waals surface area (Å²) in [6.45, 7) is -0.123. The van der Waals surface area contributed by atoms with Crippen molar-refractivity contribution in [3.05, 3.63) is 0 Å². The topological polar surface area (TPSA) is 158 Å². The standard InChI is InChI=1S/C4H10O5.H4O5P2/c5-1-3-7-9-8-4-2-6;1-6(2)5-7(3)4/h5-6H,1-4H2;1-4H. The quantitative estimate of drug-likeness (QED) is 0.131. The molecule has 0 unspecified atom stereocenters. The second-order valence-corrected chi connectivity index (χ2v) is 3.41. The highest BCUT2D eigenvalue weighted by molar-refractivity contribution is 7.53. The minimum absolute atomic E-state index is 0.0609. The van der Waals surface area contributed by atoms with E-state index >= 15 is 0 Å². The molecular weight excluding hydrogens is 270 g/mol. The van der Waals surface area contributed by atoms with E-state index in [1.165, 1.54) is 0 Å².